The highest BCUT2D eigenvalue weighted by Crippen LogP contribution is 2.34. The third-order valence-corrected chi connectivity index (χ3v) is 4.07. The van der Waals surface area contributed by atoms with Gasteiger partial charge in [-0.2, -0.15) is 0 Å². The second-order valence-corrected chi connectivity index (χ2v) is 5.84. The van der Waals surface area contributed by atoms with Crippen molar-refractivity contribution in [1.82, 2.24) is 4.90 Å². The number of aromatic hydroxyl groups is 1. The number of carbonyl (C=O) groups is 2. The maximum atomic E-state index is 12.2. The Morgan fingerprint density at radius 2 is 2.20 bits per heavy atom. The number of hydrogen-bond donors (Lipinski definition) is 2. The zero-order chi connectivity index (χ0) is 14.9. The lowest BCUT2D eigenvalue weighted by Crippen LogP contribution is -2.41. The molecule has 7 heteroatoms. The van der Waals surface area contributed by atoms with Crippen molar-refractivity contribution in [2.75, 3.05) is 0 Å². The molecule has 5 nitrogen and oxygen atoms in total. The summed E-state index contributed by atoms with van der Waals surface area (Å²) in [6.45, 7) is 1.41. The van der Waals surface area contributed by atoms with Crippen LogP contribution in [0.1, 0.15) is 12.5 Å². The number of carbonyl (C=O) groups excluding carboxylic acids is 1. The summed E-state index contributed by atoms with van der Waals surface area (Å²) in [7, 11) is 0. The van der Waals surface area contributed by atoms with E-state index in [0.29, 0.717) is 10.5 Å². The summed E-state index contributed by atoms with van der Waals surface area (Å²) < 4.78 is 0.219. The van der Waals surface area contributed by atoms with E-state index < -0.39 is 17.9 Å². The van der Waals surface area contributed by atoms with Crippen LogP contribution < -0.4 is 0 Å². The Morgan fingerprint density at radius 3 is 2.80 bits per heavy atom. The Balaban J connectivity index is 2.30. The average Bonchev–Trinajstić information content (AvgIpc) is 2.63. The molecule has 2 N–H and O–H groups in total. The number of rotatable bonds is 3. The summed E-state index contributed by atoms with van der Waals surface area (Å²) in [6, 6.07) is 5.41. The van der Waals surface area contributed by atoms with Gasteiger partial charge in [0.2, 0.25) is 0 Å². The Kier molecular flexibility index (Phi) is 4.10. The van der Waals surface area contributed by atoms with Gasteiger partial charge in [0.1, 0.15) is 16.1 Å². The van der Waals surface area contributed by atoms with Gasteiger partial charge in [0.05, 0.1) is 4.91 Å². The van der Waals surface area contributed by atoms with E-state index >= 15 is 0 Å². The molecule has 1 amide bonds. The molecule has 0 radical (unpaired) electrons. The molecule has 2 rings (SSSR count). The number of benzene rings is 1. The first-order valence-electron chi connectivity index (χ1n) is 5.69. The topological polar surface area (TPSA) is 77.8 Å². The minimum atomic E-state index is -1.11. The highest BCUT2D eigenvalue weighted by Gasteiger charge is 2.38. The molecular formula is C13H11NO4S2. The van der Waals surface area contributed by atoms with E-state index in [4.69, 9.17) is 17.3 Å². The number of carboxylic acids is 1. The summed E-state index contributed by atoms with van der Waals surface area (Å²) in [6.07, 6.45) is 1.58. The summed E-state index contributed by atoms with van der Waals surface area (Å²) in [5.41, 5.74) is 0.647. The molecule has 0 saturated carbocycles. The van der Waals surface area contributed by atoms with Gasteiger partial charge in [0.15, 0.2) is 0 Å². The normalized spacial score (nSPS) is 18.6. The number of phenolic OH excluding ortho intramolecular Hbond substituents is 1. The third-order valence-electron chi connectivity index (χ3n) is 2.74. The number of thioether (sulfide) groups is 1. The first kappa shape index (κ1) is 14.5. The summed E-state index contributed by atoms with van der Waals surface area (Å²) in [4.78, 5) is 24.6. The van der Waals surface area contributed by atoms with Gasteiger partial charge in [-0.3, -0.25) is 9.69 Å². The van der Waals surface area contributed by atoms with Gasteiger partial charge in [0.25, 0.3) is 5.91 Å². The van der Waals surface area contributed by atoms with Crippen LogP contribution in [0.25, 0.3) is 6.08 Å². The predicted molar refractivity (Wildman–Crippen MR) is 80.2 cm³/mol. The van der Waals surface area contributed by atoms with Crippen LogP contribution in [0.3, 0.4) is 0 Å². The summed E-state index contributed by atoms with van der Waals surface area (Å²) in [5, 5.41) is 18.4. The van der Waals surface area contributed by atoms with Gasteiger partial charge < -0.3 is 10.2 Å². The van der Waals surface area contributed by atoms with E-state index in [9.17, 15) is 14.7 Å². The van der Waals surface area contributed by atoms with Crippen molar-refractivity contribution < 1.29 is 19.8 Å². The zero-order valence-corrected chi connectivity index (χ0v) is 12.1. The Labute approximate surface area is 124 Å². The van der Waals surface area contributed by atoms with Crippen molar-refractivity contribution in [2.45, 2.75) is 13.0 Å². The van der Waals surface area contributed by atoms with Gasteiger partial charge in [-0.1, -0.05) is 36.1 Å². The quantitative estimate of drug-likeness (QED) is 0.657. The molecular weight excluding hydrogens is 298 g/mol. The number of carboxylic acid groups (broad SMARTS) is 1. The molecule has 0 aliphatic carbocycles. The molecule has 1 aliphatic rings. The van der Waals surface area contributed by atoms with Crippen molar-refractivity contribution in [3.63, 3.8) is 0 Å². The van der Waals surface area contributed by atoms with Crippen LogP contribution in [0.2, 0.25) is 0 Å². The van der Waals surface area contributed by atoms with Crippen LogP contribution in [0.15, 0.2) is 29.2 Å². The Hall–Kier alpha value is -1.86. The number of nitrogens with zero attached hydrogens (tertiary/aromatic N) is 1. The minimum absolute atomic E-state index is 0.0909. The zero-order valence-electron chi connectivity index (χ0n) is 10.4. The van der Waals surface area contributed by atoms with E-state index in [2.05, 4.69) is 0 Å². The highest BCUT2D eigenvalue weighted by atomic mass is 32.2. The smallest absolute Gasteiger partial charge is 0.326 e. The predicted octanol–water partition coefficient (Wildman–Crippen LogP) is 2.07. The van der Waals surface area contributed by atoms with Crippen molar-refractivity contribution in [2.24, 2.45) is 0 Å². The van der Waals surface area contributed by atoms with E-state index in [1.165, 1.54) is 19.1 Å². The summed E-state index contributed by atoms with van der Waals surface area (Å²) >= 11 is 6.10. The molecule has 1 atom stereocenters. The Bertz CT molecular complexity index is 627. The van der Waals surface area contributed by atoms with Gasteiger partial charge >= 0.3 is 5.97 Å². The largest absolute Gasteiger partial charge is 0.508 e. The maximum absolute atomic E-state index is 12.2. The number of amides is 1. The Morgan fingerprint density at radius 1 is 1.50 bits per heavy atom. The molecule has 1 aromatic carbocycles. The fourth-order valence-electron chi connectivity index (χ4n) is 1.69. The number of phenols is 1. The molecule has 1 aliphatic heterocycles. The first-order chi connectivity index (χ1) is 9.40. The second kappa shape index (κ2) is 5.64. The van der Waals surface area contributed by atoms with Gasteiger partial charge in [-0.25, -0.2) is 4.79 Å². The molecule has 0 aromatic heterocycles. The maximum Gasteiger partial charge on any atom is 0.326 e. The molecule has 1 fully saturated rings. The molecule has 0 unspecified atom stereocenters. The standard InChI is InChI=1S/C13H11NO4S2/c1-7(12(17)18)14-11(16)10(20-13(14)19)6-8-3-2-4-9(15)5-8/h2-7,15H,1H3,(H,17,18)/b10-6+/t7-/m1/s1. The highest BCUT2D eigenvalue weighted by molar-refractivity contribution is 8.26. The fraction of sp³-hybridized carbons (Fsp3) is 0.154. The van der Waals surface area contributed by atoms with Crippen LogP contribution in [-0.4, -0.2) is 37.4 Å². The molecule has 104 valence electrons. The van der Waals surface area contributed by atoms with Crippen molar-refractivity contribution >= 4 is 46.3 Å². The molecule has 1 saturated heterocycles. The SMILES string of the molecule is C[C@H](C(=O)O)N1C(=O)/C(=C\c2cccc(O)c2)SC1=S. The van der Waals surface area contributed by atoms with Gasteiger partial charge in [0, 0.05) is 0 Å². The number of aliphatic carboxylic acids is 1. The first-order valence-corrected chi connectivity index (χ1v) is 6.91. The molecule has 0 spiro atoms. The molecule has 0 bridgehead atoms. The van der Waals surface area contributed by atoms with E-state index in [-0.39, 0.29) is 10.1 Å². The lowest BCUT2D eigenvalue weighted by atomic mass is 10.2. The lowest BCUT2D eigenvalue weighted by molar-refractivity contribution is -0.144. The van der Waals surface area contributed by atoms with Crippen molar-refractivity contribution in [3.05, 3.63) is 34.7 Å². The minimum Gasteiger partial charge on any atom is -0.508 e. The number of hydrogen-bond acceptors (Lipinski definition) is 5. The van der Waals surface area contributed by atoms with Crippen LogP contribution in [0.4, 0.5) is 0 Å². The van der Waals surface area contributed by atoms with Crippen molar-refractivity contribution in [1.29, 1.82) is 0 Å². The van der Waals surface area contributed by atoms with E-state index in [1.54, 1.807) is 18.2 Å². The molecule has 1 aromatic rings. The van der Waals surface area contributed by atoms with Crippen LogP contribution in [-0.2, 0) is 9.59 Å². The molecule has 1 heterocycles. The third kappa shape index (κ3) is 2.83. The number of thiocarbonyl (C=S) groups is 1. The van der Waals surface area contributed by atoms with Crippen LogP contribution in [0, 0.1) is 0 Å². The van der Waals surface area contributed by atoms with E-state index in [1.807, 2.05) is 0 Å². The van der Waals surface area contributed by atoms with Gasteiger partial charge in [-0.15, -0.1) is 0 Å². The van der Waals surface area contributed by atoms with Gasteiger partial charge in [-0.05, 0) is 30.7 Å². The summed E-state index contributed by atoms with van der Waals surface area (Å²) in [5.74, 6) is -1.45. The fourth-order valence-corrected chi connectivity index (χ4v) is 3.11. The van der Waals surface area contributed by atoms with Crippen LogP contribution >= 0.6 is 24.0 Å². The van der Waals surface area contributed by atoms with Crippen molar-refractivity contribution in [3.8, 4) is 5.75 Å². The average molecular weight is 309 g/mol. The molecule has 20 heavy (non-hydrogen) atoms. The second-order valence-electron chi connectivity index (χ2n) is 4.16. The lowest BCUT2D eigenvalue weighted by Gasteiger charge is -2.18. The van der Waals surface area contributed by atoms with Crippen LogP contribution in [0.5, 0.6) is 5.75 Å². The monoisotopic (exact) mass is 309 g/mol. The van der Waals surface area contributed by atoms with E-state index in [0.717, 1.165) is 16.7 Å².